The fourth-order valence-electron chi connectivity index (χ4n) is 3.31. The van der Waals surface area contributed by atoms with E-state index in [0.29, 0.717) is 10.5 Å². The van der Waals surface area contributed by atoms with Gasteiger partial charge in [-0.3, -0.25) is 4.98 Å². The van der Waals surface area contributed by atoms with E-state index in [1.807, 2.05) is 37.3 Å². The molecule has 4 nitrogen and oxygen atoms in total. The molecular formula is C19H15ClN2O2S. The van der Waals surface area contributed by atoms with Gasteiger partial charge in [0.1, 0.15) is 0 Å². The molecule has 0 unspecified atom stereocenters. The minimum Gasteiger partial charge on any atom is -0.358 e. The molecule has 0 atom stereocenters. The van der Waals surface area contributed by atoms with Crippen LogP contribution in [0.25, 0.3) is 32.9 Å². The number of aryl methyl sites for hydroxylation is 1. The third-order valence-corrected chi connectivity index (χ3v) is 5.71. The van der Waals surface area contributed by atoms with Gasteiger partial charge in [-0.15, -0.1) is 0 Å². The average molecular weight is 371 g/mol. The summed E-state index contributed by atoms with van der Waals surface area (Å²) in [6.45, 7) is 2.00. The summed E-state index contributed by atoms with van der Waals surface area (Å²) in [5.41, 5.74) is 4.41. The minimum absolute atomic E-state index is 0.238. The summed E-state index contributed by atoms with van der Waals surface area (Å²) in [6, 6.07) is 12.9. The number of H-pyrrole nitrogens is 1. The molecule has 4 aromatic rings. The predicted octanol–water partition coefficient (Wildman–Crippen LogP) is 4.75. The molecule has 2 aromatic heterocycles. The van der Waals surface area contributed by atoms with Gasteiger partial charge in [0, 0.05) is 45.0 Å². The molecular weight excluding hydrogens is 356 g/mol. The first kappa shape index (κ1) is 16.1. The third-order valence-electron chi connectivity index (χ3n) is 4.35. The minimum atomic E-state index is -3.37. The van der Waals surface area contributed by atoms with E-state index >= 15 is 0 Å². The van der Waals surface area contributed by atoms with Crippen molar-refractivity contribution in [3.63, 3.8) is 0 Å². The Labute approximate surface area is 150 Å². The van der Waals surface area contributed by atoms with Crippen LogP contribution in [0.1, 0.15) is 5.69 Å². The zero-order chi connectivity index (χ0) is 17.8. The quantitative estimate of drug-likeness (QED) is 0.554. The van der Waals surface area contributed by atoms with E-state index in [0.717, 1.165) is 33.1 Å². The number of benzene rings is 2. The second-order valence-corrected chi connectivity index (χ2v) is 8.52. The van der Waals surface area contributed by atoms with Crippen LogP contribution < -0.4 is 0 Å². The highest BCUT2D eigenvalue weighted by molar-refractivity contribution is 7.91. The second kappa shape index (κ2) is 5.58. The third kappa shape index (κ3) is 2.60. The van der Waals surface area contributed by atoms with Crippen LogP contribution in [0.2, 0.25) is 5.02 Å². The summed E-state index contributed by atoms with van der Waals surface area (Å²) < 4.78 is 24.2. The van der Waals surface area contributed by atoms with Crippen molar-refractivity contribution in [1.82, 2.24) is 9.97 Å². The van der Waals surface area contributed by atoms with Crippen molar-refractivity contribution >= 4 is 43.2 Å². The molecule has 126 valence electrons. The van der Waals surface area contributed by atoms with Crippen LogP contribution in [0.15, 0.2) is 53.6 Å². The van der Waals surface area contributed by atoms with Crippen molar-refractivity contribution in [3.05, 3.63) is 59.4 Å². The van der Waals surface area contributed by atoms with Crippen molar-refractivity contribution in [3.8, 4) is 11.1 Å². The summed E-state index contributed by atoms with van der Waals surface area (Å²) in [5.74, 6) is 0. The van der Waals surface area contributed by atoms with Crippen LogP contribution in [-0.2, 0) is 9.84 Å². The van der Waals surface area contributed by atoms with Crippen LogP contribution in [0.4, 0.5) is 0 Å². The van der Waals surface area contributed by atoms with Crippen LogP contribution in [0, 0.1) is 6.92 Å². The maximum Gasteiger partial charge on any atom is 0.177 e. The van der Waals surface area contributed by atoms with Gasteiger partial charge in [0.25, 0.3) is 0 Å². The molecule has 0 fully saturated rings. The number of sulfone groups is 1. The largest absolute Gasteiger partial charge is 0.358 e. The van der Waals surface area contributed by atoms with Crippen molar-refractivity contribution < 1.29 is 8.42 Å². The topological polar surface area (TPSA) is 62.8 Å². The number of aromatic nitrogens is 2. The van der Waals surface area contributed by atoms with Crippen LogP contribution in [0.3, 0.4) is 0 Å². The van der Waals surface area contributed by atoms with Gasteiger partial charge < -0.3 is 4.98 Å². The molecule has 1 N–H and O–H groups in total. The Morgan fingerprint density at radius 3 is 2.64 bits per heavy atom. The van der Waals surface area contributed by atoms with E-state index < -0.39 is 9.84 Å². The van der Waals surface area contributed by atoms with Gasteiger partial charge in [-0.2, -0.15) is 0 Å². The fraction of sp³-hybridized carbons (Fsp3) is 0.105. The number of halogens is 1. The lowest BCUT2D eigenvalue weighted by molar-refractivity contribution is 0.602. The van der Waals surface area contributed by atoms with Gasteiger partial charge in [-0.25, -0.2) is 8.42 Å². The molecule has 0 aliphatic heterocycles. The Kier molecular flexibility index (Phi) is 3.60. The van der Waals surface area contributed by atoms with Crippen molar-refractivity contribution in [2.45, 2.75) is 11.8 Å². The highest BCUT2D eigenvalue weighted by Crippen LogP contribution is 2.38. The Hall–Kier alpha value is -2.37. The summed E-state index contributed by atoms with van der Waals surface area (Å²) in [6.07, 6.45) is 2.85. The number of hydrogen-bond acceptors (Lipinski definition) is 3. The molecule has 0 aliphatic rings. The fourth-order valence-corrected chi connectivity index (χ4v) is 4.32. The summed E-state index contributed by atoms with van der Waals surface area (Å²) >= 11 is 6.19. The molecule has 4 rings (SSSR count). The number of aromatic amines is 1. The molecule has 0 saturated heterocycles. The Morgan fingerprint density at radius 1 is 1.08 bits per heavy atom. The number of hydrogen-bond donors (Lipinski definition) is 1. The van der Waals surface area contributed by atoms with Crippen molar-refractivity contribution in [2.24, 2.45) is 0 Å². The lowest BCUT2D eigenvalue weighted by Crippen LogP contribution is -1.99. The van der Waals surface area contributed by atoms with Crippen LogP contribution in [0.5, 0.6) is 0 Å². The number of nitrogens with zero attached hydrogens (tertiary/aromatic N) is 1. The Bertz CT molecular complexity index is 1240. The molecule has 0 amide bonds. The van der Waals surface area contributed by atoms with Crippen molar-refractivity contribution in [1.29, 1.82) is 0 Å². The number of para-hydroxylation sites is 1. The van der Waals surface area contributed by atoms with E-state index in [9.17, 15) is 8.42 Å². The summed E-state index contributed by atoms with van der Waals surface area (Å²) in [5, 5.41) is 2.46. The molecule has 0 saturated carbocycles. The monoisotopic (exact) mass is 370 g/mol. The summed E-state index contributed by atoms with van der Waals surface area (Å²) in [7, 11) is -3.37. The van der Waals surface area contributed by atoms with Crippen LogP contribution in [-0.4, -0.2) is 24.6 Å². The molecule has 6 heteroatoms. The first-order valence-corrected chi connectivity index (χ1v) is 9.99. The normalized spacial score (nSPS) is 12.1. The van der Waals surface area contributed by atoms with Gasteiger partial charge >= 0.3 is 0 Å². The SMILES string of the molecule is Cc1[nH]c2ccc(Cl)cc2c1-c1ccnc2c(S(C)(=O)=O)cccc12. The molecule has 0 bridgehead atoms. The molecule has 0 aliphatic carbocycles. The van der Waals surface area contributed by atoms with E-state index in [1.54, 1.807) is 18.3 Å². The molecule has 25 heavy (non-hydrogen) atoms. The first-order chi connectivity index (χ1) is 11.9. The Balaban J connectivity index is 2.13. The smallest absolute Gasteiger partial charge is 0.177 e. The molecule has 0 radical (unpaired) electrons. The van der Waals surface area contributed by atoms with Gasteiger partial charge in [0.15, 0.2) is 9.84 Å². The van der Waals surface area contributed by atoms with Crippen LogP contribution >= 0.6 is 11.6 Å². The average Bonchev–Trinajstić information content (AvgIpc) is 2.88. The summed E-state index contributed by atoms with van der Waals surface area (Å²) in [4.78, 5) is 7.93. The van der Waals surface area contributed by atoms with E-state index in [1.165, 1.54) is 6.26 Å². The molecule has 0 spiro atoms. The highest BCUT2D eigenvalue weighted by atomic mass is 35.5. The van der Waals surface area contributed by atoms with Gasteiger partial charge in [-0.1, -0.05) is 23.7 Å². The lowest BCUT2D eigenvalue weighted by Gasteiger charge is -2.09. The lowest BCUT2D eigenvalue weighted by atomic mass is 9.98. The number of fused-ring (bicyclic) bond motifs is 2. The standard InChI is InChI=1S/C19H15ClN2O2S/c1-11-18(15-10-12(20)6-7-16(15)22-11)13-8-9-21-19-14(13)4-3-5-17(19)25(2,23)24/h3-10,22H,1-2H3. The molecule has 2 aromatic carbocycles. The highest BCUT2D eigenvalue weighted by Gasteiger charge is 2.18. The maximum absolute atomic E-state index is 12.1. The van der Waals surface area contributed by atoms with Gasteiger partial charge in [-0.05, 0) is 42.8 Å². The first-order valence-electron chi connectivity index (χ1n) is 7.72. The van der Waals surface area contributed by atoms with Gasteiger partial charge in [0.2, 0.25) is 0 Å². The van der Waals surface area contributed by atoms with E-state index in [-0.39, 0.29) is 4.90 Å². The number of rotatable bonds is 2. The van der Waals surface area contributed by atoms with Gasteiger partial charge in [0.05, 0.1) is 10.4 Å². The second-order valence-electron chi connectivity index (χ2n) is 6.10. The Morgan fingerprint density at radius 2 is 1.88 bits per heavy atom. The number of pyridine rings is 1. The maximum atomic E-state index is 12.1. The number of nitrogens with one attached hydrogen (secondary N) is 1. The van der Waals surface area contributed by atoms with E-state index in [2.05, 4.69) is 9.97 Å². The zero-order valence-electron chi connectivity index (χ0n) is 13.7. The predicted molar refractivity (Wildman–Crippen MR) is 102 cm³/mol. The van der Waals surface area contributed by atoms with E-state index in [4.69, 9.17) is 11.6 Å². The molecule has 2 heterocycles. The zero-order valence-corrected chi connectivity index (χ0v) is 15.2. The van der Waals surface area contributed by atoms with Crippen molar-refractivity contribution in [2.75, 3.05) is 6.26 Å².